The molecule has 9 heavy (non-hydrogen) atoms. The molecule has 3 N–H and O–H groups in total. The second-order valence-corrected chi connectivity index (χ2v) is 2.21. The zero-order chi connectivity index (χ0) is 7.11. The van der Waals surface area contributed by atoms with Gasteiger partial charge in [-0.2, -0.15) is 0 Å². The van der Waals surface area contributed by atoms with E-state index in [0.717, 1.165) is 20.0 Å². The fourth-order valence-electron chi connectivity index (χ4n) is 0.188. The maximum Gasteiger partial charge on any atom is 0.300 e. The molecular formula is C4H10CuN2O2. The van der Waals surface area contributed by atoms with Crippen LogP contribution in [0.1, 0.15) is 6.92 Å². The van der Waals surface area contributed by atoms with Crippen LogP contribution in [0.3, 0.4) is 0 Å². The number of carboxylic acid groups (broad SMARTS) is 1. The van der Waals surface area contributed by atoms with Crippen molar-refractivity contribution in [3.8, 4) is 0 Å². The minimum atomic E-state index is -0.833. The number of hydrogen-bond donors (Lipinski definition) is 3. The molecule has 59 valence electrons. The van der Waals surface area contributed by atoms with E-state index >= 15 is 0 Å². The Balaban J connectivity index is 0.000000148. The van der Waals surface area contributed by atoms with Crippen molar-refractivity contribution in [2.24, 2.45) is 0 Å². The van der Waals surface area contributed by atoms with Gasteiger partial charge in [0.25, 0.3) is 5.97 Å². The summed E-state index contributed by atoms with van der Waals surface area (Å²) in [4.78, 5) is 9.00. The SMILES string of the molecule is C1C[NH][Cu][NH]1.CC(=O)O. The second-order valence-electron chi connectivity index (χ2n) is 1.31. The molecule has 4 nitrogen and oxygen atoms in total. The molecule has 5 heteroatoms. The Hall–Kier alpha value is -0.0905. The van der Waals surface area contributed by atoms with Gasteiger partial charge in [-0.05, 0) is 0 Å². The molecule has 0 aromatic rings. The Morgan fingerprint density at radius 3 is 2.00 bits per heavy atom. The average Bonchev–Trinajstić information content (AvgIpc) is 2.11. The topological polar surface area (TPSA) is 61.4 Å². The van der Waals surface area contributed by atoms with Crippen LogP contribution in [0.4, 0.5) is 0 Å². The standard InChI is InChI=1S/C2H6N2.C2H4O2.Cu/c3-1-2-4;1-2(3)4;/h3-4H,1-2H2;1H3,(H,3,4);/q-2;;+2. The van der Waals surface area contributed by atoms with E-state index in [1.807, 2.05) is 0 Å². The number of nitrogens with one attached hydrogen (secondary N) is 2. The zero-order valence-electron chi connectivity index (χ0n) is 5.07. The minimum absolute atomic E-state index is 0.833. The predicted octanol–water partition coefficient (Wildman–Crippen LogP) is -0.817. The van der Waals surface area contributed by atoms with Crippen LogP contribution in [0.2, 0.25) is 0 Å². The first kappa shape index (κ1) is 8.91. The molecular weight excluding hydrogens is 172 g/mol. The molecule has 1 aliphatic heterocycles. The number of hydrogen-bond acceptors (Lipinski definition) is 3. The van der Waals surface area contributed by atoms with E-state index in [2.05, 4.69) is 8.67 Å². The molecule has 1 aliphatic rings. The van der Waals surface area contributed by atoms with E-state index in [4.69, 9.17) is 9.90 Å². The van der Waals surface area contributed by atoms with Gasteiger partial charge in [0, 0.05) is 6.92 Å². The number of rotatable bonds is 0. The van der Waals surface area contributed by atoms with E-state index in [1.165, 1.54) is 0 Å². The van der Waals surface area contributed by atoms with Crippen molar-refractivity contribution in [2.75, 3.05) is 13.1 Å². The molecule has 0 aliphatic carbocycles. The van der Waals surface area contributed by atoms with Gasteiger partial charge in [-0.15, -0.1) is 0 Å². The minimum Gasteiger partial charge on any atom is -0.481 e. The summed E-state index contributed by atoms with van der Waals surface area (Å²) in [5, 5.41) is 7.42. The van der Waals surface area contributed by atoms with Gasteiger partial charge < -0.3 is 5.11 Å². The summed E-state index contributed by atoms with van der Waals surface area (Å²) in [6.45, 7) is 3.28. The van der Waals surface area contributed by atoms with Crippen LogP contribution >= 0.6 is 0 Å². The smallest absolute Gasteiger partial charge is 0.300 e. The number of carboxylic acids is 1. The van der Waals surface area contributed by atoms with Crippen molar-refractivity contribution in [3.63, 3.8) is 0 Å². The summed E-state index contributed by atoms with van der Waals surface area (Å²) < 4.78 is 6.03. The summed E-state index contributed by atoms with van der Waals surface area (Å²) in [6.07, 6.45) is 0. The molecule has 0 aromatic carbocycles. The monoisotopic (exact) mass is 181 g/mol. The average molecular weight is 182 g/mol. The van der Waals surface area contributed by atoms with Crippen LogP contribution < -0.4 is 8.67 Å². The molecule has 0 unspecified atom stereocenters. The van der Waals surface area contributed by atoms with Crippen molar-refractivity contribution < 1.29 is 25.3 Å². The van der Waals surface area contributed by atoms with Gasteiger partial charge in [0.1, 0.15) is 0 Å². The molecule has 0 radical (unpaired) electrons. The van der Waals surface area contributed by atoms with Gasteiger partial charge >= 0.3 is 37.1 Å². The molecule has 1 heterocycles. The maximum absolute atomic E-state index is 9.00. The van der Waals surface area contributed by atoms with E-state index in [-0.39, 0.29) is 0 Å². The third kappa shape index (κ3) is 11.5. The van der Waals surface area contributed by atoms with Crippen molar-refractivity contribution in [1.29, 1.82) is 0 Å². The summed E-state index contributed by atoms with van der Waals surface area (Å²) in [5.74, 6) is -0.833. The fourth-order valence-corrected chi connectivity index (χ4v) is 0.777. The molecule has 0 atom stereocenters. The molecule has 0 spiro atoms. The Bertz CT molecular complexity index is 73.0. The van der Waals surface area contributed by atoms with Gasteiger partial charge in [-0.25, -0.2) is 0 Å². The largest absolute Gasteiger partial charge is 0.481 e. The Morgan fingerprint density at radius 2 is 1.89 bits per heavy atom. The van der Waals surface area contributed by atoms with E-state index in [1.54, 1.807) is 15.4 Å². The van der Waals surface area contributed by atoms with Gasteiger partial charge in [-0.3, -0.25) is 4.79 Å². The van der Waals surface area contributed by atoms with Crippen LogP contribution in [-0.2, 0) is 20.2 Å². The number of aliphatic carboxylic acids is 1. The summed E-state index contributed by atoms with van der Waals surface area (Å²) in [6, 6.07) is 0. The maximum atomic E-state index is 9.00. The van der Waals surface area contributed by atoms with Crippen molar-refractivity contribution in [2.45, 2.75) is 6.92 Å². The molecule has 1 rings (SSSR count). The zero-order valence-corrected chi connectivity index (χ0v) is 6.01. The normalized spacial score (nSPS) is 17.0. The fraction of sp³-hybridized carbons (Fsp3) is 0.750. The van der Waals surface area contributed by atoms with Crippen molar-refractivity contribution >= 4 is 5.97 Å². The predicted molar refractivity (Wildman–Crippen MR) is 29.3 cm³/mol. The van der Waals surface area contributed by atoms with E-state index in [0.29, 0.717) is 0 Å². The summed E-state index contributed by atoms with van der Waals surface area (Å²) >= 11 is 1.65. The molecule has 1 saturated heterocycles. The molecule has 0 saturated carbocycles. The van der Waals surface area contributed by atoms with Gasteiger partial charge in [0.15, 0.2) is 0 Å². The first-order chi connectivity index (χ1) is 4.23. The van der Waals surface area contributed by atoms with Gasteiger partial charge in [0.2, 0.25) is 0 Å². The van der Waals surface area contributed by atoms with Gasteiger partial charge in [-0.1, -0.05) is 0 Å². The van der Waals surface area contributed by atoms with Crippen molar-refractivity contribution in [1.82, 2.24) is 8.67 Å². The van der Waals surface area contributed by atoms with Crippen LogP contribution in [0, 0.1) is 0 Å². The summed E-state index contributed by atoms with van der Waals surface area (Å²) in [7, 11) is 0. The number of carbonyl (C=O) groups is 1. The van der Waals surface area contributed by atoms with Crippen LogP contribution in [0.5, 0.6) is 0 Å². The van der Waals surface area contributed by atoms with Crippen LogP contribution in [-0.4, -0.2) is 24.2 Å². The Morgan fingerprint density at radius 1 is 1.56 bits per heavy atom. The van der Waals surface area contributed by atoms with Gasteiger partial charge in [0.05, 0.1) is 0 Å². The molecule has 0 aromatic heterocycles. The first-order valence-electron chi connectivity index (χ1n) is 2.44. The molecule has 0 amide bonds. The van der Waals surface area contributed by atoms with E-state index in [9.17, 15) is 0 Å². The third-order valence-corrected chi connectivity index (χ3v) is 1.19. The second kappa shape index (κ2) is 6.04. The quantitative estimate of drug-likeness (QED) is 0.428. The van der Waals surface area contributed by atoms with E-state index < -0.39 is 5.97 Å². The molecule has 1 fully saturated rings. The third-order valence-electron chi connectivity index (χ3n) is 0.382. The van der Waals surface area contributed by atoms with Crippen LogP contribution in [0.25, 0.3) is 0 Å². The van der Waals surface area contributed by atoms with Crippen LogP contribution in [0.15, 0.2) is 0 Å². The Labute approximate surface area is 60.6 Å². The Kier molecular flexibility index (Phi) is 5.98. The molecule has 0 bridgehead atoms. The first-order valence-corrected chi connectivity index (χ1v) is 3.38. The van der Waals surface area contributed by atoms with Crippen molar-refractivity contribution in [3.05, 3.63) is 0 Å². The summed E-state index contributed by atoms with van der Waals surface area (Å²) in [5.41, 5.74) is 0.